The number of pyridine rings is 1. The van der Waals surface area contributed by atoms with Gasteiger partial charge in [-0.05, 0) is 24.5 Å². The number of hydrogen-bond acceptors (Lipinski definition) is 5. The maximum atomic E-state index is 13.0. The fourth-order valence-electron chi connectivity index (χ4n) is 3.19. The van der Waals surface area contributed by atoms with E-state index in [4.69, 9.17) is 9.47 Å². The molecule has 0 unspecified atom stereocenters. The number of nitrogens with zero attached hydrogens (tertiary/aromatic N) is 4. The highest BCUT2D eigenvalue weighted by Crippen LogP contribution is 2.23. The van der Waals surface area contributed by atoms with Gasteiger partial charge >= 0.3 is 0 Å². The van der Waals surface area contributed by atoms with Crippen LogP contribution in [0.5, 0.6) is 5.75 Å². The summed E-state index contributed by atoms with van der Waals surface area (Å²) in [5, 5.41) is 4.31. The normalized spacial score (nSPS) is 19.9. The molecule has 3 heterocycles. The number of amides is 1. The average Bonchev–Trinajstić information content (AvgIpc) is 3.26. The van der Waals surface area contributed by atoms with Crippen LogP contribution in [0, 0.1) is 5.92 Å². The summed E-state index contributed by atoms with van der Waals surface area (Å²) < 4.78 is 13.1. The average molecular weight is 358 g/mol. The topological polar surface area (TPSA) is 69.5 Å². The van der Waals surface area contributed by atoms with Gasteiger partial charge in [-0.15, -0.1) is 0 Å². The first-order valence-corrected chi connectivity index (χ1v) is 8.96. The van der Waals surface area contributed by atoms with E-state index in [1.165, 1.54) is 0 Å². The molecule has 3 rings (SSSR count). The van der Waals surface area contributed by atoms with Crippen molar-refractivity contribution < 1.29 is 14.3 Å². The minimum absolute atomic E-state index is 0.0205. The third kappa shape index (κ3) is 4.40. The lowest BCUT2D eigenvalue weighted by molar-refractivity contribution is 0.0657. The summed E-state index contributed by atoms with van der Waals surface area (Å²) in [4.78, 5) is 18.9. The van der Waals surface area contributed by atoms with E-state index >= 15 is 0 Å². The van der Waals surface area contributed by atoms with Crippen molar-refractivity contribution >= 4 is 5.91 Å². The molecule has 26 heavy (non-hydrogen) atoms. The summed E-state index contributed by atoms with van der Waals surface area (Å²) in [7, 11) is 1.68. The van der Waals surface area contributed by atoms with E-state index in [9.17, 15) is 4.79 Å². The van der Waals surface area contributed by atoms with Gasteiger partial charge < -0.3 is 14.4 Å². The van der Waals surface area contributed by atoms with Crippen LogP contribution in [0.4, 0.5) is 0 Å². The maximum Gasteiger partial charge on any atom is 0.257 e. The first-order valence-electron chi connectivity index (χ1n) is 8.96. The van der Waals surface area contributed by atoms with E-state index in [0.29, 0.717) is 30.4 Å². The van der Waals surface area contributed by atoms with Gasteiger partial charge in [0, 0.05) is 32.6 Å². The molecule has 7 nitrogen and oxygen atoms in total. The number of methoxy groups -OCH3 is 1. The van der Waals surface area contributed by atoms with Crippen molar-refractivity contribution in [2.45, 2.75) is 39.0 Å². The van der Waals surface area contributed by atoms with Crippen LogP contribution in [0.25, 0.3) is 0 Å². The van der Waals surface area contributed by atoms with Crippen molar-refractivity contribution in [2.24, 2.45) is 5.92 Å². The summed E-state index contributed by atoms with van der Waals surface area (Å²) in [6.45, 7) is 6.02. The number of hydrogen-bond donors (Lipinski definition) is 0. The summed E-state index contributed by atoms with van der Waals surface area (Å²) in [6.07, 6.45) is 7.61. The Morgan fingerprint density at radius 2 is 2.23 bits per heavy atom. The van der Waals surface area contributed by atoms with Crippen molar-refractivity contribution in [1.29, 1.82) is 0 Å². The smallest absolute Gasteiger partial charge is 0.257 e. The molecule has 0 radical (unpaired) electrons. The first-order chi connectivity index (χ1) is 12.6. The highest BCUT2D eigenvalue weighted by atomic mass is 16.5. The summed E-state index contributed by atoms with van der Waals surface area (Å²) in [5.74, 6) is 1.15. The predicted octanol–water partition coefficient (Wildman–Crippen LogP) is 2.24. The van der Waals surface area contributed by atoms with Gasteiger partial charge in [-0.25, -0.2) is 0 Å². The van der Waals surface area contributed by atoms with E-state index < -0.39 is 0 Å². The molecule has 0 aliphatic carbocycles. The molecule has 2 aromatic rings. The Balaban J connectivity index is 1.68. The quantitative estimate of drug-likeness (QED) is 0.759. The zero-order chi connectivity index (χ0) is 18.5. The van der Waals surface area contributed by atoms with Crippen LogP contribution >= 0.6 is 0 Å². The maximum absolute atomic E-state index is 13.0. The number of carbonyl (C=O) groups is 1. The lowest BCUT2D eigenvalue weighted by Crippen LogP contribution is -2.39. The van der Waals surface area contributed by atoms with E-state index in [1.807, 2.05) is 27.9 Å². The lowest BCUT2D eigenvalue weighted by atomic mass is 10.2. The minimum atomic E-state index is -0.0406. The number of likely N-dealkylation sites (tertiary alicyclic amines) is 1. The standard InChI is InChI=1S/C19H26N4O3/c1-14(2)10-22-11-15(8-21-22)19(24)23-12-18(25-3)7-16(23)13-26-17-5-4-6-20-9-17/h4-6,8-9,11,14,16,18H,7,10,12-13H2,1-3H3/t16-,18+/m0/s1. The van der Waals surface area contributed by atoms with Crippen molar-refractivity contribution in [3.05, 3.63) is 42.5 Å². The van der Waals surface area contributed by atoms with Crippen LogP contribution in [0.2, 0.25) is 0 Å². The second-order valence-corrected chi connectivity index (χ2v) is 7.05. The molecule has 1 fully saturated rings. The van der Waals surface area contributed by atoms with Crippen LogP contribution < -0.4 is 4.74 Å². The molecular formula is C19H26N4O3. The summed E-state index contributed by atoms with van der Waals surface area (Å²) in [6, 6.07) is 3.65. The van der Waals surface area contributed by atoms with Crippen LogP contribution in [0.15, 0.2) is 36.9 Å². The Morgan fingerprint density at radius 3 is 2.92 bits per heavy atom. The predicted molar refractivity (Wildman–Crippen MR) is 97.0 cm³/mol. The molecule has 1 aliphatic rings. The molecule has 7 heteroatoms. The molecule has 0 saturated carbocycles. The molecule has 0 spiro atoms. The van der Waals surface area contributed by atoms with Crippen molar-refractivity contribution in [2.75, 3.05) is 20.3 Å². The SMILES string of the molecule is CO[C@@H]1C[C@@H](COc2cccnc2)N(C(=O)c2cnn(CC(C)C)c2)C1. The Bertz CT molecular complexity index is 717. The molecule has 0 N–H and O–H groups in total. The second-order valence-electron chi connectivity index (χ2n) is 7.05. The number of ether oxygens (including phenoxy) is 2. The third-order valence-electron chi connectivity index (χ3n) is 4.48. The monoisotopic (exact) mass is 358 g/mol. The van der Waals surface area contributed by atoms with Crippen LogP contribution in [0.3, 0.4) is 0 Å². The van der Waals surface area contributed by atoms with E-state index in [0.717, 1.165) is 13.0 Å². The van der Waals surface area contributed by atoms with Crippen molar-refractivity contribution in [1.82, 2.24) is 19.7 Å². The zero-order valence-electron chi connectivity index (χ0n) is 15.5. The molecule has 0 bridgehead atoms. The Hall–Kier alpha value is -2.41. The van der Waals surface area contributed by atoms with E-state index in [1.54, 1.807) is 25.7 Å². The van der Waals surface area contributed by atoms with Gasteiger partial charge in [-0.2, -0.15) is 5.10 Å². The van der Waals surface area contributed by atoms with Crippen LogP contribution in [-0.4, -0.2) is 58.0 Å². The van der Waals surface area contributed by atoms with Gasteiger partial charge in [0.2, 0.25) is 0 Å². The number of aromatic nitrogens is 3. The van der Waals surface area contributed by atoms with Gasteiger partial charge in [0.05, 0.1) is 30.1 Å². The second kappa shape index (κ2) is 8.31. The zero-order valence-corrected chi connectivity index (χ0v) is 15.5. The van der Waals surface area contributed by atoms with Gasteiger partial charge in [0.1, 0.15) is 12.4 Å². The Morgan fingerprint density at radius 1 is 1.38 bits per heavy atom. The van der Waals surface area contributed by atoms with Crippen molar-refractivity contribution in [3.63, 3.8) is 0 Å². The molecular weight excluding hydrogens is 332 g/mol. The highest BCUT2D eigenvalue weighted by molar-refractivity contribution is 5.94. The van der Waals surface area contributed by atoms with Crippen LogP contribution in [0.1, 0.15) is 30.6 Å². The summed E-state index contributed by atoms with van der Waals surface area (Å²) >= 11 is 0. The van der Waals surface area contributed by atoms with E-state index in [2.05, 4.69) is 23.9 Å². The molecule has 140 valence electrons. The van der Waals surface area contributed by atoms with Gasteiger partial charge in [-0.3, -0.25) is 14.5 Å². The van der Waals surface area contributed by atoms with Crippen LogP contribution in [-0.2, 0) is 11.3 Å². The fraction of sp³-hybridized carbons (Fsp3) is 0.526. The fourth-order valence-corrected chi connectivity index (χ4v) is 3.19. The lowest BCUT2D eigenvalue weighted by Gasteiger charge is -2.24. The third-order valence-corrected chi connectivity index (χ3v) is 4.48. The van der Waals surface area contributed by atoms with Gasteiger partial charge in [-0.1, -0.05) is 13.8 Å². The molecule has 1 aliphatic heterocycles. The van der Waals surface area contributed by atoms with Gasteiger partial charge in [0.25, 0.3) is 5.91 Å². The molecule has 2 aromatic heterocycles. The highest BCUT2D eigenvalue weighted by Gasteiger charge is 2.36. The van der Waals surface area contributed by atoms with Crippen molar-refractivity contribution in [3.8, 4) is 5.75 Å². The Kier molecular flexibility index (Phi) is 5.88. The molecule has 1 saturated heterocycles. The van der Waals surface area contributed by atoms with E-state index in [-0.39, 0.29) is 18.1 Å². The number of carbonyl (C=O) groups excluding carboxylic acids is 1. The Labute approximate surface area is 153 Å². The molecule has 0 aromatic carbocycles. The minimum Gasteiger partial charge on any atom is -0.490 e. The largest absolute Gasteiger partial charge is 0.490 e. The summed E-state index contributed by atoms with van der Waals surface area (Å²) in [5.41, 5.74) is 0.605. The first kappa shape index (κ1) is 18.4. The number of rotatable bonds is 7. The molecule has 1 amide bonds. The molecule has 2 atom stereocenters. The van der Waals surface area contributed by atoms with Gasteiger partial charge in [0.15, 0.2) is 0 Å².